The Bertz CT molecular complexity index is 546. The van der Waals surface area contributed by atoms with E-state index in [2.05, 4.69) is 5.10 Å². The van der Waals surface area contributed by atoms with Gasteiger partial charge in [0.25, 0.3) is 0 Å². The van der Waals surface area contributed by atoms with Crippen molar-refractivity contribution in [2.75, 3.05) is 0 Å². The Balaban J connectivity index is 2.50. The van der Waals surface area contributed by atoms with Gasteiger partial charge in [0, 0.05) is 23.8 Å². The van der Waals surface area contributed by atoms with Crippen molar-refractivity contribution in [3.8, 4) is 0 Å². The van der Waals surface area contributed by atoms with Crippen LogP contribution >= 0.6 is 11.6 Å². The molecule has 0 aliphatic carbocycles. The first-order chi connectivity index (χ1) is 7.61. The van der Waals surface area contributed by atoms with Crippen LogP contribution < -0.4 is 0 Å². The molecular formula is C12H11ClN2O. The SMILES string of the molecule is Cc1c(Cl)cccc1C(=O)c1ccnn1C. The topological polar surface area (TPSA) is 34.9 Å². The molecule has 0 unspecified atom stereocenters. The molecule has 82 valence electrons. The number of halogens is 1. The van der Waals surface area contributed by atoms with Gasteiger partial charge in [0.2, 0.25) is 5.78 Å². The first-order valence-corrected chi connectivity index (χ1v) is 5.27. The molecule has 0 aliphatic heterocycles. The van der Waals surface area contributed by atoms with Crippen LogP contribution in [0.25, 0.3) is 0 Å². The highest BCUT2D eigenvalue weighted by Crippen LogP contribution is 2.21. The fraction of sp³-hybridized carbons (Fsp3) is 0.167. The lowest BCUT2D eigenvalue weighted by Gasteiger charge is -2.06. The van der Waals surface area contributed by atoms with E-state index in [9.17, 15) is 4.79 Å². The standard InChI is InChI=1S/C12H11ClN2O/c1-8-9(4-3-5-10(8)13)12(16)11-6-7-14-15(11)2/h3-7H,1-2H3. The number of carbonyl (C=O) groups excluding carboxylic acids is 1. The van der Waals surface area contributed by atoms with Gasteiger partial charge in [-0.1, -0.05) is 23.7 Å². The third-order valence-corrected chi connectivity index (χ3v) is 2.98. The molecule has 0 radical (unpaired) electrons. The zero-order valence-electron chi connectivity index (χ0n) is 9.07. The van der Waals surface area contributed by atoms with Crippen molar-refractivity contribution < 1.29 is 4.79 Å². The molecule has 1 aromatic heterocycles. The zero-order valence-corrected chi connectivity index (χ0v) is 9.82. The van der Waals surface area contributed by atoms with Crippen LogP contribution in [-0.4, -0.2) is 15.6 Å². The van der Waals surface area contributed by atoms with Crippen LogP contribution in [0.3, 0.4) is 0 Å². The number of hydrogen-bond acceptors (Lipinski definition) is 2. The van der Waals surface area contributed by atoms with Gasteiger partial charge in [0.05, 0.1) is 0 Å². The predicted octanol–water partition coefficient (Wildman–Crippen LogP) is 2.61. The Kier molecular flexibility index (Phi) is 2.79. The molecule has 0 atom stereocenters. The number of ketones is 1. The maximum absolute atomic E-state index is 12.2. The molecule has 2 aromatic rings. The Labute approximate surface area is 98.7 Å². The number of aromatic nitrogens is 2. The average Bonchev–Trinajstić information content (AvgIpc) is 2.68. The zero-order chi connectivity index (χ0) is 11.7. The van der Waals surface area contributed by atoms with Gasteiger partial charge in [0.1, 0.15) is 5.69 Å². The van der Waals surface area contributed by atoms with Gasteiger partial charge in [-0.3, -0.25) is 9.48 Å². The largest absolute Gasteiger partial charge is 0.287 e. The third kappa shape index (κ3) is 1.74. The van der Waals surface area contributed by atoms with Gasteiger partial charge in [-0.2, -0.15) is 5.10 Å². The molecule has 0 fully saturated rings. The lowest BCUT2D eigenvalue weighted by molar-refractivity contribution is 0.102. The van der Waals surface area contributed by atoms with Gasteiger partial charge in [0.15, 0.2) is 0 Å². The summed E-state index contributed by atoms with van der Waals surface area (Å²) in [5.41, 5.74) is 1.98. The molecule has 3 nitrogen and oxygen atoms in total. The van der Waals surface area contributed by atoms with Crippen molar-refractivity contribution in [3.63, 3.8) is 0 Å². The monoisotopic (exact) mass is 234 g/mol. The minimum atomic E-state index is -0.0556. The van der Waals surface area contributed by atoms with E-state index >= 15 is 0 Å². The van der Waals surface area contributed by atoms with Crippen molar-refractivity contribution in [1.82, 2.24) is 9.78 Å². The summed E-state index contributed by atoms with van der Waals surface area (Å²) in [5, 5.41) is 4.58. The molecule has 0 amide bonds. The van der Waals surface area contributed by atoms with E-state index < -0.39 is 0 Å². The molecule has 2 rings (SSSR count). The quantitative estimate of drug-likeness (QED) is 0.749. The van der Waals surface area contributed by atoms with E-state index in [-0.39, 0.29) is 5.78 Å². The summed E-state index contributed by atoms with van der Waals surface area (Å²) >= 11 is 5.98. The van der Waals surface area contributed by atoms with Crippen LogP contribution in [0, 0.1) is 6.92 Å². The van der Waals surface area contributed by atoms with Crippen molar-refractivity contribution in [2.24, 2.45) is 7.05 Å². The molecule has 16 heavy (non-hydrogen) atoms. The summed E-state index contributed by atoms with van der Waals surface area (Å²) in [6, 6.07) is 7.02. The highest BCUT2D eigenvalue weighted by Gasteiger charge is 2.15. The third-order valence-electron chi connectivity index (χ3n) is 2.57. The number of rotatable bonds is 2. The highest BCUT2D eigenvalue weighted by molar-refractivity contribution is 6.32. The Morgan fingerprint density at radius 3 is 2.75 bits per heavy atom. The maximum Gasteiger partial charge on any atom is 0.211 e. The normalized spacial score (nSPS) is 10.4. The number of aryl methyl sites for hydroxylation is 1. The van der Waals surface area contributed by atoms with E-state index in [1.54, 1.807) is 42.2 Å². The maximum atomic E-state index is 12.2. The van der Waals surface area contributed by atoms with E-state index in [1.807, 2.05) is 6.92 Å². The van der Waals surface area contributed by atoms with E-state index in [0.717, 1.165) is 5.56 Å². The summed E-state index contributed by atoms with van der Waals surface area (Å²) in [6.45, 7) is 1.84. The molecule has 0 spiro atoms. The first-order valence-electron chi connectivity index (χ1n) is 4.89. The first kappa shape index (κ1) is 10.9. The van der Waals surface area contributed by atoms with Crippen molar-refractivity contribution in [1.29, 1.82) is 0 Å². The second-order valence-corrected chi connectivity index (χ2v) is 3.99. The van der Waals surface area contributed by atoms with Gasteiger partial charge in [-0.15, -0.1) is 0 Å². The van der Waals surface area contributed by atoms with E-state index in [4.69, 9.17) is 11.6 Å². The fourth-order valence-electron chi connectivity index (χ4n) is 1.59. The molecule has 1 aromatic carbocycles. The van der Waals surface area contributed by atoms with Crippen molar-refractivity contribution in [2.45, 2.75) is 6.92 Å². The second-order valence-electron chi connectivity index (χ2n) is 3.58. The van der Waals surface area contributed by atoms with Gasteiger partial charge >= 0.3 is 0 Å². The van der Waals surface area contributed by atoms with E-state index in [0.29, 0.717) is 16.3 Å². The van der Waals surface area contributed by atoms with Crippen LogP contribution in [0.1, 0.15) is 21.6 Å². The van der Waals surface area contributed by atoms with Crippen LogP contribution in [0.4, 0.5) is 0 Å². The van der Waals surface area contributed by atoms with E-state index in [1.165, 1.54) is 0 Å². The van der Waals surface area contributed by atoms with Crippen molar-refractivity contribution in [3.05, 3.63) is 52.3 Å². The molecule has 0 bridgehead atoms. The predicted molar refractivity (Wildman–Crippen MR) is 62.8 cm³/mol. The Hall–Kier alpha value is -1.61. The number of hydrogen-bond donors (Lipinski definition) is 0. The average molecular weight is 235 g/mol. The molecule has 0 N–H and O–H groups in total. The molecule has 0 saturated heterocycles. The minimum absolute atomic E-state index is 0.0556. The summed E-state index contributed by atoms with van der Waals surface area (Å²) in [4.78, 5) is 12.2. The lowest BCUT2D eigenvalue weighted by Crippen LogP contribution is -2.09. The van der Waals surface area contributed by atoms with Crippen LogP contribution in [0.15, 0.2) is 30.5 Å². The van der Waals surface area contributed by atoms with Crippen LogP contribution in [0.2, 0.25) is 5.02 Å². The lowest BCUT2D eigenvalue weighted by atomic mass is 10.0. The van der Waals surface area contributed by atoms with Gasteiger partial charge < -0.3 is 0 Å². The molecular weight excluding hydrogens is 224 g/mol. The summed E-state index contributed by atoms with van der Waals surface area (Å²) in [7, 11) is 1.74. The summed E-state index contributed by atoms with van der Waals surface area (Å²) in [6.07, 6.45) is 1.60. The number of nitrogens with zero attached hydrogens (tertiary/aromatic N) is 2. The number of benzene rings is 1. The van der Waals surface area contributed by atoms with Gasteiger partial charge in [-0.25, -0.2) is 0 Å². The molecule has 0 aliphatic rings. The van der Waals surface area contributed by atoms with Crippen molar-refractivity contribution >= 4 is 17.4 Å². The summed E-state index contributed by atoms with van der Waals surface area (Å²) in [5.74, 6) is -0.0556. The Morgan fingerprint density at radius 1 is 1.38 bits per heavy atom. The fourth-order valence-corrected chi connectivity index (χ4v) is 1.76. The minimum Gasteiger partial charge on any atom is -0.287 e. The summed E-state index contributed by atoms with van der Waals surface area (Å²) < 4.78 is 1.56. The molecule has 4 heteroatoms. The smallest absolute Gasteiger partial charge is 0.211 e. The van der Waals surface area contributed by atoms with Crippen LogP contribution in [0.5, 0.6) is 0 Å². The number of carbonyl (C=O) groups is 1. The molecule has 1 heterocycles. The molecule has 0 saturated carbocycles. The Morgan fingerprint density at radius 2 is 2.12 bits per heavy atom. The second kappa shape index (κ2) is 4.10. The van der Waals surface area contributed by atoms with Crippen LogP contribution in [-0.2, 0) is 7.05 Å². The highest BCUT2D eigenvalue weighted by atomic mass is 35.5. The van der Waals surface area contributed by atoms with Gasteiger partial charge in [-0.05, 0) is 24.6 Å².